The highest BCUT2D eigenvalue weighted by atomic mass is 19.4. The van der Waals surface area contributed by atoms with Crippen LogP contribution >= 0.6 is 0 Å². The maximum atomic E-state index is 12.1. The number of benzene rings is 1. The number of halogens is 3. The molecular formula is C13H13F3O. The molecule has 0 aliphatic rings. The van der Waals surface area contributed by atoms with Crippen molar-refractivity contribution in [1.29, 1.82) is 0 Å². The number of rotatable bonds is 2. The Balaban J connectivity index is 2.87. The fourth-order valence-corrected chi connectivity index (χ4v) is 1.13. The van der Waals surface area contributed by atoms with Gasteiger partial charge in [0.15, 0.2) is 0 Å². The van der Waals surface area contributed by atoms with Crippen LogP contribution in [0.15, 0.2) is 24.3 Å². The first-order valence-corrected chi connectivity index (χ1v) is 5.22. The maximum Gasteiger partial charge on any atom is 0.573 e. The number of hydrogen-bond donors (Lipinski definition) is 0. The zero-order valence-electron chi connectivity index (χ0n) is 9.64. The number of para-hydroxylation sites is 1. The van der Waals surface area contributed by atoms with Crippen LogP contribution in [0.5, 0.6) is 5.75 Å². The molecule has 0 bridgehead atoms. The summed E-state index contributed by atoms with van der Waals surface area (Å²) < 4.78 is 40.2. The lowest BCUT2D eigenvalue weighted by atomic mass is 10.1. The summed E-state index contributed by atoms with van der Waals surface area (Å²) >= 11 is 0. The van der Waals surface area contributed by atoms with Crippen molar-refractivity contribution in [3.8, 4) is 17.6 Å². The molecule has 17 heavy (non-hydrogen) atoms. The van der Waals surface area contributed by atoms with Crippen molar-refractivity contribution in [3.05, 3.63) is 29.8 Å². The Morgan fingerprint density at radius 2 is 1.88 bits per heavy atom. The van der Waals surface area contributed by atoms with Gasteiger partial charge in [-0.2, -0.15) is 0 Å². The Kier molecular flexibility index (Phi) is 4.45. The Labute approximate surface area is 98.6 Å². The van der Waals surface area contributed by atoms with E-state index >= 15 is 0 Å². The molecule has 0 aliphatic carbocycles. The average Bonchev–Trinajstić information content (AvgIpc) is 2.17. The lowest BCUT2D eigenvalue weighted by molar-refractivity contribution is -0.274. The fourth-order valence-electron chi connectivity index (χ4n) is 1.13. The van der Waals surface area contributed by atoms with Crippen LogP contribution in [0.1, 0.15) is 25.8 Å². The Bertz CT molecular complexity index is 424. The molecule has 0 spiro atoms. The number of hydrogen-bond acceptors (Lipinski definition) is 1. The van der Waals surface area contributed by atoms with E-state index in [1.807, 2.05) is 13.8 Å². The average molecular weight is 242 g/mol. The van der Waals surface area contributed by atoms with E-state index in [2.05, 4.69) is 16.6 Å². The zero-order valence-corrected chi connectivity index (χ0v) is 9.64. The van der Waals surface area contributed by atoms with Gasteiger partial charge in [0.05, 0.1) is 5.56 Å². The van der Waals surface area contributed by atoms with E-state index in [-0.39, 0.29) is 11.3 Å². The number of alkyl halides is 3. The van der Waals surface area contributed by atoms with E-state index < -0.39 is 6.36 Å². The molecule has 0 saturated carbocycles. The van der Waals surface area contributed by atoms with E-state index in [1.54, 1.807) is 6.07 Å². The van der Waals surface area contributed by atoms with Gasteiger partial charge in [0.2, 0.25) is 0 Å². The molecule has 0 atom stereocenters. The van der Waals surface area contributed by atoms with Gasteiger partial charge < -0.3 is 4.74 Å². The van der Waals surface area contributed by atoms with Gasteiger partial charge in [0.25, 0.3) is 0 Å². The van der Waals surface area contributed by atoms with Crippen LogP contribution in [0, 0.1) is 17.8 Å². The molecular weight excluding hydrogens is 229 g/mol. The summed E-state index contributed by atoms with van der Waals surface area (Å²) in [6.45, 7) is 3.99. The quantitative estimate of drug-likeness (QED) is 0.713. The zero-order chi connectivity index (χ0) is 12.9. The first-order valence-electron chi connectivity index (χ1n) is 5.22. The third-order valence-corrected chi connectivity index (χ3v) is 1.85. The molecule has 4 heteroatoms. The summed E-state index contributed by atoms with van der Waals surface area (Å²) in [5, 5.41) is 0. The predicted octanol–water partition coefficient (Wildman–Crippen LogP) is 3.98. The molecule has 1 aromatic carbocycles. The van der Waals surface area contributed by atoms with Crippen LogP contribution in [0.3, 0.4) is 0 Å². The maximum absolute atomic E-state index is 12.1. The fraction of sp³-hybridized carbons (Fsp3) is 0.385. The van der Waals surface area contributed by atoms with Crippen LogP contribution in [0.25, 0.3) is 0 Å². The van der Waals surface area contributed by atoms with Crippen LogP contribution < -0.4 is 4.74 Å². The van der Waals surface area contributed by atoms with Crippen LogP contribution in [-0.2, 0) is 0 Å². The van der Waals surface area contributed by atoms with Gasteiger partial charge in [-0.3, -0.25) is 0 Å². The summed E-state index contributed by atoms with van der Waals surface area (Å²) in [6.07, 6.45) is -4.05. The molecule has 0 aliphatic heterocycles. The summed E-state index contributed by atoms with van der Waals surface area (Å²) in [6, 6.07) is 5.87. The van der Waals surface area contributed by atoms with Gasteiger partial charge in [-0.05, 0) is 18.1 Å². The third-order valence-electron chi connectivity index (χ3n) is 1.85. The topological polar surface area (TPSA) is 9.23 Å². The highest BCUT2D eigenvalue weighted by Gasteiger charge is 2.31. The minimum Gasteiger partial charge on any atom is -0.404 e. The van der Waals surface area contributed by atoms with Gasteiger partial charge >= 0.3 is 6.36 Å². The molecule has 92 valence electrons. The highest BCUT2D eigenvalue weighted by molar-refractivity contribution is 5.45. The molecule has 0 radical (unpaired) electrons. The normalized spacial score (nSPS) is 10.9. The molecule has 0 saturated heterocycles. The van der Waals surface area contributed by atoms with Crippen molar-refractivity contribution in [2.75, 3.05) is 0 Å². The molecule has 1 nitrogen and oxygen atoms in total. The Morgan fingerprint density at radius 3 is 2.47 bits per heavy atom. The van der Waals surface area contributed by atoms with Crippen molar-refractivity contribution < 1.29 is 17.9 Å². The van der Waals surface area contributed by atoms with Gasteiger partial charge in [-0.25, -0.2) is 0 Å². The summed E-state index contributed by atoms with van der Waals surface area (Å²) in [4.78, 5) is 0. The van der Waals surface area contributed by atoms with E-state index in [9.17, 15) is 13.2 Å². The van der Waals surface area contributed by atoms with E-state index in [1.165, 1.54) is 18.2 Å². The molecule has 0 heterocycles. The number of ether oxygens (including phenoxy) is 1. The van der Waals surface area contributed by atoms with Crippen molar-refractivity contribution in [2.24, 2.45) is 5.92 Å². The van der Waals surface area contributed by atoms with Crippen molar-refractivity contribution >= 4 is 0 Å². The predicted molar refractivity (Wildman–Crippen MR) is 59.5 cm³/mol. The molecule has 0 unspecified atom stereocenters. The lowest BCUT2D eigenvalue weighted by Crippen LogP contribution is -2.17. The molecule has 0 N–H and O–H groups in total. The van der Waals surface area contributed by atoms with Gasteiger partial charge in [0, 0.05) is 6.42 Å². The molecule has 0 fully saturated rings. The van der Waals surface area contributed by atoms with E-state index in [4.69, 9.17) is 0 Å². The summed E-state index contributed by atoms with van der Waals surface area (Å²) in [5.41, 5.74) is 0.255. The Hall–Kier alpha value is -1.63. The second-order valence-corrected chi connectivity index (χ2v) is 3.94. The second-order valence-electron chi connectivity index (χ2n) is 3.94. The molecule has 1 rings (SSSR count). The highest BCUT2D eigenvalue weighted by Crippen LogP contribution is 2.25. The first kappa shape index (κ1) is 13.4. The van der Waals surface area contributed by atoms with E-state index in [0.717, 1.165) is 0 Å². The molecule has 1 aromatic rings. The monoisotopic (exact) mass is 242 g/mol. The largest absolute Gasteiger partial charge is 0.573 e. The van der Waals surface area contributed by atoms with Gasteiger partial charge in [-0.15, -0.1) is 13.2 Å². The van der Waals surface area contributed by atoms with Gasteiger partial charge in [0.1, 0.15) is 5.75 Å². The van der Waals surface area contributed by atoms with Crippen LogP contribution in [0.4, 0.5) is 13.2 Å². The SMILES string of the molecule is CC(C)CC#Cc1ccccc1OC(F)(F)F. The van der Waals surface area contributed by atoms with Crippen molar-refractivity contribution in [2.45, 2.75) is 26.6 Å². The van der Waals surface area contributed by atoms with Crippen molar-refractivity contribution in [3.63, 3.8) is 0 Å². The summed E-state index contributed by atoms with van der Waals surface area (Å²) in [7, 11) is 0. The third kappa shape index (κ3) is 5.30. The van der Waals surface area contributed by atoms with Gasteiger partial charge in [-0.1, -0.05) is 37.8 Å². The Morgan fingerprint density at radius 1 is 1.24 bits per heavy atom. The minimum absolute atomic E-state index is 0.253. The lowest BCUT2D eigenvalue weighted by Gasteiger charge is -2.09. The van der Waals surface area contributed by atoms with Crippen LogP contribution in [-0.4, -0.2) is 6.36 Å². The summed E-state index contributed by atoms with van der Waals surface area (Å²) in [5.74, 6) is 5.66. The van der Waals surface area contributed by atoms with E-state index in [0.29, 0.717) is 12.3 Å². The minimum atomic E-state index is -4.68. The standard InChI is InChI=1S/C13H13F3O/c1-10(2)6-5-8-11-7-3-4-9-12(11)17-13(14,15)16/h3-4,7,9-10H,6H2,1-2H3. The van der Waals surface area contributed by atoms with Crippen molar-refractivity contribution in [1.82, 2.24) is 0 Å². The smallest absolute Gasteiger partial charge is 0.404 e. The van der Waals surface area contributed by atoms with Crippen LogP contribution in [0.2, 0.25) is 0 Å². The first-order chi connectivity index (χ1) is 7.88. The second kappa shape index (κ2) is 5.62. The molecule has 0 amide bonds. The molecule has 0 aromatic heterocycles.